The summed E-state index contributed by atoms with van der Waals surface area (Å²) in [5.74, 6) is 0. The van der Waals surface area contributed by atoms with Gasteiger partial charge in [0.1, 0.15) is 0 Å². The fourth-order valence-corrected chi connectivity index (χ4v) is 2.62. The Labute approximate surface area is 109 Å². The minimum absolute atomic E-state index is 0.622. The number of benzene rings is 1. The van der Waals surface area contributed by atoms with Crippen LogP contribution in [0.2, 0.25) is 0 Å². The first-order valence-corrected chi connectivity index (χ1v) is 6.78. The predicted molar refractivity (Wildman–Crippen MR) is 73.1 cm³/mol. The largest absolute Gasteiger partial charge is 0.315 e. The zero-order valence-electron chi connectivity index (χ0n) is 11.0. The molecular formula is C15H21N3. The summed E-state index contributed by atoms with van der Waals surface area (Å²) in [5.41, 5.74) is 1.96. The summed E-state index contributed by atoms with van der Waals surface area (Å²) in [5, 5.41) is 12.6. The molecule has 1 aliphatic heterocycles. The van der Waals surface area contributed by atoms with Crippen molar-refractivity contribution < 1.29 is 0 Å². The molecule has 1 aromatic rings. The molecule has 1 aromatic carbocycles. The molecule has 0 bridgehead atoms. The van der Waals surface area contributed by atoms with Crippen LogP contribution in [-0.4, -0.2) is 30.6 Å². The summed E-state index contributed by atoms with van der Waals surface area (Å²) in [6.45, 7) is 6.40. The highest BCUT2D eigenvalue weighted by Gasteiger charge is 2.22. The van der Waals surface area contributed by atoms with E-state index in [9.17, 15) is 0 Å². The zero-order valence-corrected chi connectivity index (χ0v) is 11.0. The number of nitrogens with one attached hydrogen (secondary N) is 1. The van der Waals surface area contributed by atoms with Gasteiger partial charge in [0.05, 0.1) is 11.6 Å². The van der Waals surface area contributed by atoms with Crippen LogP contribution in [0.15, 0.2) is 24.3 Å². The first-order valence-electron chi connectivity index (χ1n) is 6.78. The van der Waals surface area contributed by atoms with E-state index in [1.165, 1.54) is 6.42 Å². The number of nitriles is 1. The van der Waals surface area contributed by atoms with Gasteiger partial charge in [-0.3, -0.25) is 4.90 Å². The molecule has 1 atom stereocenters. The maximum atomic E-state index is 9.15. The van der Waals surface area contributed by atoms with Crippen LogP contribution in [0, 0.1) is 11.3 Å². The van der Waals surface area contributed by atoms with Gasteiger partial charge in [-0.05, 0) is 37.6 Å². The van der Waals surface area contributed by atoms with Gasteiger partial charge < -0.3 is 5.32 Å². The van der Waals surface area contributed by atoms with E-state index in [2.05, 4.69) is 29.3 Å². The Morgan fingerprint density at radius 2 is 2.28 bits per heavy atom. The van der Waals surface area contributed by atoms with Crippen molar-refractivity contribution in [1.29, 1.82) is 5.26 Å². The van der Waals surface area contributed by atoms with Crippen molar-refractivity contribution in [2.75, 3.05) is 19.6 Å². The lowest BCUT2D eigenvalue weighted by Crippen LogP contribution is -2.37. The first-order chi connectivity index (χ1) is 8.85. The maximum absolute atomic E-state index is 9.15. The van der Waals surface area contributed by atoms with E-state index in [4.69, 9.17) is 5.26 Å². The molecule has 1 aliphatic rings. The van der Waals surface area contributed by atoms with Crippen LogP contribution in [0.5, 0.6) is 0 Å². The Balaban J connectivity index is 2.10. The van der Waals surface area contributed by atoms with E-state index >= 15 is 0 Å². The van der Waals surface area contributed by atoms with Crippen molar-refractivity contribution in [3.63, 3.8) is 0 Å². The summed E-state index contributed by atoms with van der Waals surface area (Å²) in [7, 11) is 0. The van der Waals surface area contributed by atoms with Crippen molar-refractivity contribution in [2.24, 2.45) is 0 Å². The van der Waals surface area contributed by atoms with Crippen LogP contribution >= 0.6 is 0 Å². The summed E-state index contributed by atoms with van der Waals surface area (Å²) in [4.78, 5) is 2.51. The lowest BCUT2D eigenvalue weighted by molar-refractivity contribution is 0.199. The van der Waals surface area contributed by atoms with Gasteiger partial charge in [0.25, 0.3) is 0 Å². The van der Waals surface area contributed by atoms with Crippen molar-refractivity contribution >= 4 is 0 Å². The quantitative estimate of drug-likeness (QED) is 0.861. The van der Waals surface area contributed by atoms with Crippen molar-refractivity contribution in [2.45, 2.75) is 32.4 Å². The first kappa shape index (κ1) is 13.1. The van der Waals surface area contributed by atoms with Crippen LogP contribution in [0.25, 0.3) is 0 Å². The highest BCUT2D eigenvalue weighted by Crippen LogP contribution is 2.16. The molecular weight excluding hydrogens is 222 g/mol. The molecule has 2 rings (SSSR count). The van der Waals surface area contributed by atoms with Crippen LogP contribution in [-0.2, 0) is 6.54 Å². The molecule has 0 aromatic heterocycles. The topological polar surface area (TPSA) is 39.1 Å². The van der Waals surface area contributed by atoms with Crippen LogP contribution < -0.4 is 5.32 Å². The van der Waals surface area contributed by atoms with E-state index < -0.39 is 0 Å². The summed E-state index contributed by atoms with van der Waals surface area (Å²) < 4.78 is 0. The Morgan fingerprint density at radius 3 is 2.94 bits per heavy atom. The minimum atomic E-state index is 0.622. The van der Waals surface area contributed by atoms with Crippen molar-refractivity contribution in [3.05, 3.63) is 35.4 Å². The molecule has 3 heteroatoms. The average Bonchev–Trinajstić information content (AvgIpc) is 2.92. The van der Waals surface area contributed by atoms with Crippen molar-refractivity contribution in [3.8, 4) is 6.07 Å². The second kappa shape index (κ2) is 6.53. The monoisotopic (exact) mass is 243 g/mol. The van der Waals surface area contributed by atoms with Gasteiger partial charge in [0, 0.05) is 19.1 Å². The fraction of sp³-hybridized carbons (Fsp3) is 0.533. The van der Waals surface area contributed by atoms with Gasteiger partial charge in [0.2, 0.25) is 0 Å². The minimum Gasteiger partial charge on any atom is -0.315 e. The summed E-state index contributed by atoms with van der Waals surface area (Å²) in [6.07, 6.45) is 2.37. The number of hydrogen-bond acceptors (Lipinski definition) is 3. The Kier molecular flexibility index (Phi) is 4.74. The van der Waals surface area contributed by atoms with E-state index in [-0.39, 0.29) is 0 Å². The summed E-state index contributed by atoms with van der Waals surface area (Å²) in [6, 6.07) is 10.9. The molecule has 0 radical (unpaired) electrons. The van der Waals surface area contributed by atoms with E-state index in [0.717, 1.165) is 43.7 Å². The molecule has 1 fully saturated rings. The molecule has 1 N–H and O–H groups in total. The molecule has 96 valence electrons. The second-order valence-electron chi connectivity index (χ2n) is 4.89. The molecule has 1 saturated heterocycles. The van der Waals surface area contributed by atoms with Gasteiger partial charge in [0.15, 0.2) is 0 Å². The molecule has 18 heavy (non-hydrogen) atoms. The Bertz CT molecular complexity index is 416. The molecule has 3 nitrogen and oxygen atoms in total. The molecule has 0 spiro atoms. The normalized spacial score (nSPS) is 19.1. The van der Waals surface area contributed by atoms with E-state index in [0.29, 0.717) is 6.04 Å². The number of rotatable bonds is 5. The molecule has 0 saturated carbocycles. The Morgan fingerprint density at radius 1 is 1.44 bits per heavy atom. The highest BCUT2D eigenvalue weighted by atomic mass is 15.2. The van der Waals surface area contributed by atoms with Crippen molar-refractivity contribution in [1.82, 2.24) is 10.2 Å². The predicted octanol–water partition coefficient (Wildman–Crippen LogP) is 2.13. The third kappa shape index (κ3) is 3.10. The molecule has 1 unspecified atom stereocenters. The smallest absolute Gasteiger partial charge is 0.0995 e. The van der Waals surface area contributed by atoms with Gasteiger partial charge in [-0.1, -0.05) is 25.1 Å². The number of hydrogen-bond donors (Lipinski definition) is 1. The second-order valence-corrected chi connectivity index (χ2v) is 4.89. The molecule has 0 amide bonds. The average molecular weight is 243 g/mol. The standard InChI is InChI=1S/C15H21N3/c1-2-9-18(15-7-8-17-11-15)12-14-6-4-3-5-13(14)10-16/h3-6,15,17H,2,7-9,11-12H2,1H3. The SMILES string of the molecule is CCCN(Cc1ccccc1C#N)C1CCNC1. The third-order valence-electron chi connectivity index (χ3n) is 3.57. The lowest BCUT2D eigenvalue weighted by Gasteiger charge is -2.28. The molecule has 1 heterocycles. The van der Waals surface area contributed by atoms with Crippen LogP contribution in [0.3, 0.4) is 0 Å². The van der Waals surface area contributed by atoms with E-state index in [1.54, 1.807) is 0 Å². The Hall–Kier alpha value is -1.37. The summed E-state index contributed by atoms with van der Waals surface area (Å²) >= 11 is 0. The highest BCUT2D eigenvalue weighted by molar-refractivity contribution is 5.37. The van der Waals surface area contributed by atoms with Gasteiger partial charge in [-0.2, -0.15) is 5.26 Å². The number of nitrogens with zero attached hydrogens (tertiary/aromatic N) is 2. The van der Waals surface area contributed by atoms with Crippen LogP contribution in [0.1, 0.15) is 30.9 Å². The molecule has 0 aliphatic carbocycles. The van der Waals surface area contributed by atoms with Crippen LogP contribution in [0.4, 0.5) is 0 Å². The van der Waals surface area contributed by atoms with E-state index in [1.807, 2.05) is 18.2 Å². The fourth-order valence-electron chi connectivity index (χ4n) is 2.62. The van der Waals surface area contributed by atoms with Gasteiger partial charge in [-0.25, -0.2) is 0 Å². The zero-order chi connectivity index (χ0) is 12.8. The van der Waals surface area contributed by atoms with Gasteiger partial charge >= 0.3 is 0 Å². The van der Waals surface area contributed by atoms with Gasteiger partial charge in [-0.15, -0.1) is 0 Å². The lowest BCUT2D eigenvalue weighted by atomic mass is 10.1. The maximum Gasteiger partial charge on any atom is 0.0995 e. The third-order valence-corrected chi connectivity index (χ3v) is 3.57.